The van der Waals surface area contributed by atoms with Crippen LogP contribution in [0.15, 0.2) is 0 Å². The molecule has 0 amide bonds. The fourth-order valence-electron chi connectivity index (χ4n) is 4.59. The third kappa shape index (κ3) is 3.54. The van der Waals surface area contributed by atoms with E-state index < -0.39 is 46.5 Å². The zero-order valence-electron chi connectivity index (χ0n) is 15.2. The van der Waals surface area contributed by atoms with Crippen molar-refractivity contribution in [2.75, 3.05) is 0 Å². The molecule has 0 heterocycles. The van der Waals surface area contributed by atoms with Gasteiger partial charge in [0.05, 0.1) is 0 Å². The van der Waals surface area contributed by atoms with Gasteiger partial charge >= 0.3 is 23.9 Å². The van der Waals surface area contributed by atoms with Crippen molar-refractivity contribution in [1.29, 1.82) is 0 Å². The fraction of sp³-hybridized carbons (Fsp3) is 0.778. The van der Waals surface area contributed by atoms with Crippen molar-refractivity contribution in [2.24, 2.45) is 22.7 Å². The van der Waals surface area contributed by atoms with Crippen LogP contribution in [0.25, 0.3) is 0 Å². The Bertz CT molecular complexity index is 482. The molecular weight excluding hydrogens is 344 g/mol. The molecule has 0 radical (unpaired) electrons. The zero-order chi connectivity index (χ0) is 20.1. The van der Waals surface area contributed by atoms with Gasteiger partial charge in [-0.25, -0.2) is 0 Å². The van der Waals surface area contributed by atoms with Gasteiger partial charge in [0.25, 0.3) is 0 Å². The van der Waals surface area contributed by atoms with E-state index in [0.29, 0.717) is 12.8 Å². The summed E-state index contributed by atoms with van der Waals surface area (Å²) in [4.78, 5) is 47.1. The Morgan fingerprint density at radius 2 is 0.885 bits per heavy atom. The van der Waals surface area contributed by atoms with E-state index in [2.05, 4.69) is 0 Å². The highest BCUT2D eigenvalue weighted by Gasteiger charge is 2.57. The van der Waals surface area contributed by atoms with E-state index in [9.17, 15) is 39.6 Å². The number of carboxylic acids is 4. The topological polar surface area (TPSA) is 149 Å². The van der Waals surface area contributed by atoms with Crippen LogP contribution >= 0.6 is 0 Å². The molecule has 0 atom stereocenters. The number of carboxylic acid groups (broad SMARTS) is 4. The Morgan fingerprint density at radius 1 is 0.654 bits per heavy atom. The van der Waals surface area contributed by atoms with Crippen molar-refractivity contribution in [3.8, 4) is 0 Å². The van der Waals surface area contributed by atoms with E-state index in [-0.39, 0.29) is 38.5 Å². The molecule has 0 aliphatic heterocycles. The first-order valence-corrected chi connectivity index (χ1v) is 9.04. The number of rotatable bonds is 10. The van der Waals surface area contributed by atoms with Crippen molar-refractivity contribution < 1.29 is 39.6 Å². The molecule has 1 fully saturated rings. The van der Waals surface area contributed by atoms with Gasteiger partial charge in [-0.15, -0.1) is 0 Å². The van der Waals surface area contributed by atoms with Crippen LogP contribution in [-0.2, 0) is 19.2 Å². The Balaban J connectivity index is 3.13. The SMILES string of the molecule is CCCC(C(=O)O)(C(=O)O)[C@H]1CC[C@@H](C(CCC)(C(=O)O)C(=O)O)CC1. The third-order valence-electron chi connectivity index (χ3n) is 5.94. The van der Waals surface area contributed by atoms with E-state index in [1.165, 1.54) is 0 Å². The standard InChI is InChI=1S/C18H28O8/c1-3-9-17(13(19)20,14(21)22)11-5-7-12(8-6-11)18(10-4-2,15(23)24)16(25)26/h11-12H,3-10H2,1-2H3,(H,19,20)(H,21,22)(H,23,24)(H,25,26)/t11-,12+. The van der Waals surface area contributed by atoms with Crippen molar-refractivity contribution in [2.45, 2.75) is 65.2 Å². The molecule has 1 saturated carbocycles. The maximum Gasteiger partial charge on any atom is 0.321 e. The summed E-state index contributed by atoms with van der Waals surface area (Å²) in [6.07, 6.45) is 1.52. The highest BCUT2D eigenvalue weighted by Crippen LogP contribution is 2.49. The van der Waals surface area contributed by atoms with Crippen LogP contribution in [0, 0.1) is 22.7 Å². The summed E-state index contributed by atoms with van der Waals surface area (Å²) in [5.41, 5.74) is -3.81. The normalized spacial score (nSPS) is 21.2. The molecule has 0 aromatic rings. The van der Waals surface area contributed by atoms with Gasteiger partial charge in [0.2, 0.25) is 0 Å². The number of hydrogen-bond acceptors (Lipinski definition) is 4. The van der Waals surface area contributed by atoms with E-state index in [1.807, 2.05) is 0 Å². The van der Waals surface area contributed by atoms with Crippen LogP contribution in [-0.4, -0.2) is 44.3 Å². The lowest BCUT2D eigenvalue weighted by Crippen LogP contribution is -2.50. The molecule has 0 bridgehead atoms. The summed E-state index contributed by atoms with van der Waals surface area (Å²) in [6.45, 7) is 3.43. The molecule has 1 aliphatic rings. The largest absolute Gasteiger partial charge is 0.480 e. The second kappa shape index (κ2) is 8.51. The third-order valence-corrected chi connectivity index (χ3v) is 5.94. The highest BCUT2D eigenvalue weighted by molar-refractivity contribution is 5.99. The van der Waals surface area contributed by atoms with Gasteiger partial charge in [-0.3, -0.25) is 19.2 Å². The van der Waals surface area contributed by atoms with Crippen LogP contribution in [0.3, 0.4) is 0 Å². The Labute approximate surface area is 152 Å². The number of aliphatic carboxylic acids is 4. The van der Waals surface area contributed by atoms with Crippen molar-refractivity contribution in [3.63, 3.8) is 0 Å². The minimum absolute atomic E-state index is 0.00896. The molecule has 8 nitrogen and oxygen atoms in total. The lowest BCUT2D eigenvalue weighted by atomic mass is 9.59. The van der Waals surface area contributed by atoms with E-state index in [1.54, 1.807) is 13.8 Å². The number of hydrogen-bond donors (Lipinski definition) is 4. The Kier molecular flexibility index (Phi) is 7.17. The summed E-state index contributed by atoms with van der Waals surface area (Å²) in [5, 5.41) is 38.4. The van der Waals surface area contributed by atoms with Gasteiger partial charge in [-0.2, -0.15) is 0 Å². The molecule has 0 aromatic carbocycles. The summed E-state index contributed by atoms with van der Waals surface area (Å²) in [6, 6.07) is 0. The second-order valence-corrected chi connectivity index (χ2v) is 7.21. The molecular formula is C18H28O8. The van der Waals surface area contributed by atoms with Gasteiger partial charge in [0.15, 0.2) is 10.8 Å². The van der Waals surface area contributed by atoms with Crippen LogP contribution in [0.4, 0.5) is 0 Å². The maximum atomic E-state index is 11.8. The Hall–Kier alpha value is -2.12. The summed E-state index contributed by atoms with van der Waals surface area (Å²) in [5.74, 6) is -6.82. The molecule has 0 unspecified atom stereocenters. The lowest BCUT2D eigenvalue weighted by molar-refractivity contribution is -0.178. The summed E-state index contributed by atoms with van der Waals surface area (Å²) >= 11 is 0. The van der Waals surface area contributed by atoms with Crippen molar-refractivity contribution >= 4 is 23.9 Å². The predicted octanol–water partition coefficient (Wildman–Crippen LogP) is 2.70. The first kappa shape index (κ1) is 21.9. The van der Waals surface area contributed by atoms with Gasteiger partial charge < -0.3 is 20.4 Å². The molecule has 26 heavy (non-hydrogen) atoms. The van der Waals surface area contributed by atoms with Crippen molar-refractivity contribution in [3.05, 3.63) is 0 Å². The van der Waals surface area contributed by atoms with Crippen LogP contribution in [0.5, 0.6) is 0 Å². The molecule has 0 aromatic heterocycles. The maximum absolute atomic E-state index is 11.8. The molecule has 0 saturated heterocycles. The van der Waals surface area contributed by atoms with Crippen LogP contribution in [0.1, 0.15) is 65.2 Å². The van der Waals surface area contributed by atoms with Crippen LogP contribution < -0.4 is 0 Å². The molecule has 1 rings (SSSR count). The minimum Gasteiger partial charge on any atom is -0.480 e. The first-order chi connectivity index (χ1) is 12.1. The average Bonchev–Trinajstić information content (AvgIpc) is 2.56. The monoisotopic (exact) mass is 372 g/mol. The summed E-state index contributed by atoms with van der Waals surface area (Å²) < 4.78 is 0. The molecule has 4 N–H and O–H groups in total. The molecule has 148 valence electrons. The molecule has 8 heteroatoms. The minimum atomic E-state index is -1.90. The second-order valence-electron chi connectivity index (χ2n) is 7.21. The highest BCUT2D eigenvalue weighted by atomic mass is 16.4. The van der Waals surface area contributed by atoms with Gasteiger partial charge in [-0.1, -0.05) is 26.7 Å². The molecule has 1 aliphatic carbocycles. The molecule has 0 spiro atoms. The van der Waals surface area contributed by atoms with Gasteiger partial charge in [0.1, 0.15) is 0 Å². The number of carbonyl (C=O) groups is 4. The zero-order valence-corrected chi connectivity index (χ0v) is 15.2. The average molecular weight is 372 g/mol. The smallest absolute Gasteiger partial charge is 0.321 e. The lowest BCUT2D eigenvalue weighted by Gasteiger charge is -2.42. The van der Waals surface area contributed by atoms with Gasteiger partial charge in [0, 0.05) is 0 Å². The quantitative estimate of drug-likeness (QED) is 0.428. The van der Waals surface area contributed by atoms with E-state index >= 15 is 0 Å². The predicted molar refractivity (Wildman–Crippen MR) is 90.7 cm³/mol. The van der Waals surface area contributed by atoms with E-state index in [4.69, 9.17) is 0 Å². The fourth-order valence-corrected chi connectivity index (χ4v) is 4.59. The van der Waals surface area contributed by atoms with Crippen LogP contribution in [0.2, 0.25) is 0 Å². The Morgan fingerprint density at radius 3 is 1.04 bits per heavy atom. The van der Waals surface area contributed by atoms with Crippen molar-refractivity contribution in [1.82, 2.24) is 0 Å². The van der Waals surface area contributed by atoms with Gasteiger partial charge in [-0.05, 0) is 50.4 Å². The van der Waals surface area contributed by atoms with E-state index in [0.717, 1.165) is 0 Å². The summed E-state index contributed by atoms with van der Waals surface area (Å²) in [7, 11) is 0. The first-order valence-electron chi connectivity index (χ1n) is 9.04.